The second-order valence-corrected chi connectivity index (χ2v) is 6.44. The van der Waals surface area contributed by atoms with E-state index in [1.165, 1.54) is 56.3 Å². The summed E-state index contributed by atoms with van der Waals surface area (Å²) in [5, 5.41) is 3.57. The van der Waals surface area contributed by atoms with E-state index in [4.69, 9.17) is 0 Å². The summed E-state index contributed by atoms with van der Waals surface area (Å²) in [6.07, 6.45) is 8.41. The summed E-state index contributed by atoms with van der Waals surface area (Å²) < 4.78 is 0. The molecule has 2 unspecified atom stereocenters. The van der Waals surface area contributed by atoms with E-state index in [1.54, 1.807) is 0 Å². The largest absolute Gasteiger partial charge is 0.367 e. The molecule has 2 heteroatoms. The van der Waals surface area contributed by atoms with Gasteiger partial charge >= 0.3 is 0 Å². The SMILES string of the molecule is CCC1CCCC(N2CCNCc3ccccc32)CC1. The fraction of sp³-hybridized carbons (Fsp3) is 0.667. The van der Waals surface area contributed by atoms with Gasteiger partial charge in [0.05, 0.1) is 0 Å². The fourth-order valence-corrected chi connectivity index (χ4v) is 3.94. The van der Waals surface area contributed by atoms with Gasteiger partial charge in [0.25, 0.3) is 0 Å². The Morgan fingerprint density at radius 3 is 2.95 bits per heavy atom. The molecule has 1 N–H and O–H groups in total. The van der Waals surface area contributed by atoms with Crippen molar-refractivity contribution in [3.63, 3.8) is 0 Å². The number of benzene rings is 1. The molecule has 1 heterocycles. The molecule has 1 fully saturated rings. The minimum Gasteiger partial charge on any atom is -0.367 e. The van der Waals surface area contributed by atoms with Gasteiger partial charge in [-0.3, -0.25) is 0 Å². The molecule has 0 radical (unpaired) electrons. The standard InChI is InChI=1S/C18H28N2/c1-2-15-6-5-8-17(11-10-15)20-13-12-19-14-16-7-3-4-9-18(16)20/h3-4,7,9,15,17,19H,2,5-6,8,10-14H2,1H3. The lowest BCUT2D eigenvalue weighted by molar-refractivity contribution is 0.440. The first-order chi connectivity index (χ1) is 9.88. The maximum atomic E-state index is 3.57. The zero-order valence-electron chi connectivity index (χ0n) is 12.8. The molecule has 0 saturated heterocycles. The molecule has 3 rings (SSSR count). The van der Waals surface area contributed by atoms with Crippen LogP contribution in [0.1, 0.15) is 51.0 Å². The van der Waals surface area contributed by atoms with Crippen LogP contribution in [0.4, 0.5) is 5.69 Å². The Morgan fingerprint density at radius 2 is 2.05 bits per heavy atom. The van der Waals surface area contributed by atoms with Crippen LogP contribution in [0.3, 0.4) is 0 Å². The second-order valence-electron chi connectivity index (χ2n) is 6.44. The Kier molecular flexibility index (Phi) is 4.62. The molecule has 1 aromatic carbocycles. The van der Waals surface area contributed by atoms with Crippen molar-refractivity contribution >= 4 is 5.69 Å². The molecule has 0 spiro atoms. The van der Waals surface area contributed by atoms with E-state index >= 15 is 0 Å². The van der Waals surface area contributed by atoms with Crippen molar-refractivity contribution in [3.8, 4) is 0 Å². The Bertz CT molecular complexity index is 429. The van der Waals surface area contributed by atoms with Crippen LogP contribution in [0, 0.1) is 5.92 Å². The molecular weight excluding hydrogens is 244 g/mol. The normalized spacial score (nSPS) is 27.6. The molecule has 2 nitrogen and oxygen atoms in total. The van der Waals surface area contributed by atoms with Crippen molar-refractivity contribution in [2.75, 3.05) is 18.0 Å². The first kappa shape index (κ1) is 13.9. The third-order valence-corrected chi connectivity index (χ3v) is 5.22. The van der Waals surface area contributed by atoms with Crippen LogP contribution >= 0.6 is 0 Å². The number of anilines is 1. The number of hydrogen-bond acceptors (Lipinski definition) is 2. The van der Waals surface area contributed by atoms with Crippen LogP contribution in [0.25, 0.3) is 0 Å². The monoisotopic (exact) mass is 272 g/mol. The molecule has 1 aliphatic carbocycles. The van der Waals surface area contributed by atoms with E-state index in [0.29, 0.717) is 0 Å². The molecule has 2 atom stereocenters. The average Bonchev–Trinajstić information content (AvgIpc) is 2.85. The van der Waals surface area contributed by atoms with Crippen LogP contribution in [0.15, 0.2) is 24.3 Å². The molecule has 1 saturated carbocycles. The van der Waals surface area contributed by atoms with Gasteiger partial charge in [-0.15, -0.1) is 0 Å². The Morgan fingerprint density at radius 1 is 1.15 bits per heavy atom. The highest BCUT2D eigenvalue weighted by atomic mass is 15.2. The third kappa shape index (κ3) is 3.01. The lowest BCUT2D eigenvalue weighted by Crippen LogP contribution is -2.38. The molecule has 0 aromatic heterocycles. The fourth-order valence-electron chi connectivity index (χ4n) is 3.94. The zero-order valence-corrected chi connectivity index (χ0v) is 12.8. The first-order valence-electron chi connectivity index (χ1n) is 8.43. The van der Waals surface area contributed by atoms with Gasteiger partial charge in [-0.2, -0.15) is 0 Å². The van der Waals surface area contributed by atoms with Crippen molar-refractivity contribution in [1.29, 1.82) is 0 Å². The molecule has 1 aliphatic heterocycles. The average molecular weight is 272 g/mol. The summed E-state index contributed by atoms with van der Waals surface area (Å²) >= 11 is 0. The molecule has 20 heavy (non-hydrogen) atoms. The quantitative estimate of drug-likeness (QED) is 0.820. The molecule has 2 aliphatic rings. The number of rotatable bonds is 2. The predicted molar refractivity (Wildman–Crippen MR) is 86.1 cm³/mol. The van der Waals surface area contributed by atoms with E-state index in [0.717, 1.165) is 25.0 Å². The summed E-state index contributed by atoms with van der Waals surface area (Å²) in [7, 11) is 0. The number of hydrogen-bond donors (Lipinski definition) is 1. The van der Waals surface area contributed by atoms with Crippen molar-refractivity contribution in [2.24, 2.45) is 5.92 Å². The van der Waals surface area contributed by atoms with Crippen LogP contribution in [0.5, 0.6) is 0 Å². The van der Waals surface area contributed by atoms with Gasteiger partial charge in [-0.1, -0.05) is 44.4 Å². The number of para-hydroxylation sites is 1. The number of fused-ring (bicyclic) bond motifs is 1. The molecule has 1 aromatic rings. The van der Waals surface area contributed by atoms with E-state index < -0.39 is 0 Å². The summed E-state index contributed by atoms with van der Waals surface area (Å²) in [4.78, 5) is 2.70. The maximum absolute atomic E-state index is 3.57. The van der Waals surface area contributed by atoms with Gasteiger partial charge in [-0.25, -0.2) is 0 Å². The second kappa shape index (κ2) is 6.62. The number of nitrogens with one attached hydrogen (secondary N) is 1. The Balaban J connectivity index is 1.79. The first-order valence-corrected chi connectivity index (χ1v) is 8.43. The van der Waals surface area contributed by atoms with Gasteiger partial charge in [0.15, 0.2) is 0 Å². The summed E-state index contributed by atoms with van der Waals surface area (Å²) in [5.74, 6) is 0.973. The Labute approximate surface area is 123 Å². The van der Waals surface area contributed by atoms with Crippen molar-refractivity contribution in [2.45, 2.75) is 58.0 Å². The van der Waals surface area contributed by atoms with Crippen molar-refractivity contribution in [3.05, 3.63) is 29.8 Å². The van der Waals surface area contributed by atoms with E-state index in [9.17, 15) is 0 Å². The lowest BCUT2D eigenvalue weighted by atomic mass is 9.97. The van der Waals surface area contributed by atoms with Crippen LogP contribution in [0.2, 0.25) is 0 Å². The van der Waals surface area contributed by atoms with E-state index in [1.807, 2.05) is 0 Å². The Hall–Kier alpha value is -1.02. The van der Waals surface area contributed by atoms with Gasteiger partial charge in [0.2, 0.25) is 0 Å². The summed E-state index contributed by atoms with van der Waals surface area (Å²) in [6, 6.07) is 9.73. The zero-order chi connectivity index (χ0) is 13.8. The van der Waals surface area contributed by atoms with Gasteiger partial charge in [0.1, 0.15) is 0 Å². The van der Waals surface area contributed by atoms with Crippen molar-refractivity contribution in [1.82, 2.24) is 5.32 Å². The summed E-state index contributed by atoms with van der Waals surface area (Å²) in [6.45, 7) is 5.66. The van der Waals surface area contributed by atoms with Gasteiger partial charge in [-0.05, 0) is 36.8 Å². The summed E-state index contributed by atoms with van der Waals surface area (Å²) in [5.41, 5.74) is 2.96. The van der Waals surface area contributed by atoms with Crippen LogP contribution in [-0.2, 0) is 6.54 Å². The van der Waals surface area contributed by atoms with Gasteiger partial charge in [0, 0.05) is 31.4 Å². The van der Waals surface area contributed by atoms with E-state index in [-0.39, 0.29) is 0 Å². The minimum atomic E-state index is 0.757. The van der Waals surface area contributed by atoms with E-state index in [2.05, 4.69) is 41.4 Å². The number of nitrogens with zero attached hydrogens (tertiary/aromatic N) is 1. The molecule has 0 bridgehead atoms. The smallest absolute Gasteiger partial charge is 0.0414 e. The molecular formula is C18H28N2. The highest BCUT2D eigenvalue weighted by molar-refractivity contribution is 5.55. The van der Waals surface area contributed by atoms with Gasteiger partial charge < -0.3 is 10.2 Å². The maximum Gasteiger partial charge on any atom is 0.0414 e. The highest BCUT2D eigenvalue weighted by Gasteiger charge is 2.25. The van der Waals surface area contributed by atoms with Crippen LogP contribution in [-0.4, -0.2) is 19.1 Å². The minimum absolute atomic E-state index is 0.757. The molecule has 0 amide bonds. The predicted octanol–water partition coefficient (Wildman–Crippen LogP) is 3.96. The third-order valence-electron chi connectivity index (χ3n) is 5.22. The van der Waals surface area contributed by atoms with Crippen molar-refractivity contribution < 1.29 is 0 Å². The topological polar surface area (TPSA) is 15.3 Å². The van der Waals surface area contributed by atoms with Crippen LogP contribution < -0.4 is 10.2 Å². The molecule has 110 valence electrons. The highest BCUT2D eigenvalue weighted by Crippen LogP contribution is 2.32. The lowest BCUT2D eigenvalue weighted by Gasteiger charge is -2.33.